The van der Waals surface area contributed by atoms with Gasteiger partial charge in [-0.1, -0.05) is 0 Å². The van der Waals surface area contributed by atoms with Crippen molar-refractivity contribution in [3.8, 4) is 5.75 Å². The van der Waals surface area contributed by atoms with Gasteiger partial charge in [0.15, 0.2) is 0 Å². The number of carboxylic acids is 1. The van der Waals surface area contributed by atoms with Crippen LogP contribution in [-0.2, 0) is 9.59 Å². The Balaban J connectivity index is 2.22. The van der Waals surface area contributed by atoms with E-state index in [9.17, 15) is 14.4 Å². The lowest BCUT2D eigenvalue weighted by atomic mass is 9.95. The van der Waals surface area contributed by atoms with Crippen molar-refractivity contribution in [2.24, 2.45) is 0 Å². The molecule has 20 heavy (non-hydrogen) atoms. The minimum atomic E-state index is -1.13. The van der Waals surface area contributed by atoms with Crippen LogP contribution in [0.25, 0.3) is 0 Å². The smallest absolute Gasteiger partial charge is 0.333 e. The number of carbonyl (C=O) groups is 3. The van der Waals surface area contributed by atoms with Gasteiger partial charge in [-0.05, 0) is 30.7 Å². The van der Waals surface area contributed by atoms with Gasteiger partial charge in [-0.15, -0.1) is 0 Å². The number of allylic oxidation sites excluding steroid dienone is 1. The Morgan fingerprint density at radius 2 is 1.75 bits per heavy atom. The zero-order chi connectivity index (χ0) is 14.7. The molecule has 6 heteroatoms. The van der Waals surface area contributed by atoms with E-state index in [2.05, 4.69) is 5.32 Å². The topological polar surface area (TPSA) is 104 Å². The van der Waals surface area contributed by atoms with Crippen molar-refractivity contribution in [1.82, 2.24) is 5.32 Å². The van der Waals surface area contributed by atoms with E-state index in [1.54, 1.807) is 0 Å². The van der Waals surface area contributed by atoms with Gasteiger partial charge in [-0.3, -0.25) is 9.59 Å². The summed E-state index contributed by atoms with van der Waals surface area (Å²) in [6, 6.07) is 5.54. The summed E-state index contributed by atoms with van der Waals surface area (Å²) in [6.07, 6.45) is 0.227. The molecule has 0 unspecified atom stereocenters. The highest BCUT2D eigenvalue weighted by molar-refractivity contribution is 5.99. The number of hydrogen-bond donors (Lipinski definition) is 3. The second-order valence-electron chi connectivity index (χ2n) is 4.48. The number of phenols is 1. The average molecular weight is 275 g/mol. The minimum Gasteiger partial charge on any atom is -0.508 e. The van der Waals surface area contributed by atoms with Crippen molar-refractivity contribution in [2.75, 3.05) is 0 Å². The SMILES string of the molecule is O=C1CCC(C(=O)O)=C(NC(=O)c2ccc(O)cc2)C1. The molecule has 2 rings (SSSR count). The van der Waals surface area contributed by atoms with E-state index in [0.717, 1.165) is 0 Å². The maximum Gasteiger partial charge on any atom is 0.333 e. The van der Waals surface area contributed by atoms with Gasteiger partial charge in [-0.2, -0.15) is 0 Å². The van der Waals surface area contributed by atoms with E-state index >= 15 is 0 Å². The Labute approximate surface area is 114 Å². The number of carbonyl (C=O) groups excluding carboxylic acids is 2. The first kappa shape index (κ1) is 13.8. The van der Waals surface area contributed by atoms with Crippen molar-refractivity contribution in [3.63, 3.8) is 0 Å². The van der Waals surface area contributed by atoms with Gasteiger partial charge in [0.1, 0.15) is 11.5 Å². The first-order chi connectivity index (χ1) is 9.47. The van der Waals surface area contributed by atoms with Gasteiger partial charge in [-0.25, -0.2) is 4.79 Å². The number of hydrogen-bond acceptors (Lipinski definition) is 4. The number of nitrogens with one attached hydrogen (secondary N) is 1. The maximum atomic E-state index is 12.0. The van der Waals surface area contributed by atoms with Gasteiger partial charge in [0, 0.05) is 24.1 Å². The molecular weight excluding hydrogens is 262 g/mol. The van der Waals surface area contributed by atoms with Crippen LogP contribution in [0.4, 0.5) is 0 Å². The molecule has 1 aliphatic rings. The van der Waals surface area contributed by atoms with Crippen molar-refractivity contribution < 1.29 is 24.6 Å². The van der Waals surface area contributed by atoms with Crippen molar-refractivity contribution in [3.05, 3.63) is 41.1 Å². The lowest BCUT2D eigenvalue weighted by molar-refractivity contribution is -0.133. The summed E-state index contributed by atoms with van der Waals surface area (Å²) in [6.45, 7) is 0. The Kier molecular flexibility index (Phi) is 3.84. The molecule has 3 N–H and O–H groups in total. The molecule has 1 aromatic carbocycles. The Hall–Kier alpha value is -2.63. The number of rotatable bonds is 3. The Morgan fingerprint density at radius 3 is 2.35 bits per heavy atom. The molecule has 6 nitrogen and oxygen atoms in total. The predicted octanol–water partition coefficient (Wildman–Crippen LogP) is 1.21. The lowest BCUT2D eigenvalue weighted by Gasteiger charge is -2.17. The molecule has 0 saturated carbocycles. The van der Waals surface area contributed by atoms with Crippen molar-refractivity contribution in [1.29, 1.82) is 0 Å². The van der Waals surface area contributed by atoms with Crippen LogP contribution in [0.1, 0.15) is 29.6 Å². The van der Waals surface area contributed by atoms with Crippen molar-refractivity contribution >= 4 is 17.7 Å². The van der Waals surface area contributed by atoms with Gasteiger partial charge in [0.25, 0.3) is 5.91 Å². The normalized spacial score (nSPS) is 15.1. The summed E-state index contributed by atoms with van der Waals surface area (Å²) in [5.41, 5.74) is 0.488. The summed E-state index contributed by atoms with van der Waals surface area (Å²) in [5, 5.41) is 20.7. The third-order valence-electron chi connectivity index (χ3n) is 3.04. The number of benzene rings is 1. The molecule has 0 heterocycles. The third kappa shape index (κ3) is 3.03. The first-order valence-corrected chi connectivity index (χ1v) is 6.05. The summed E-state index contributed by atoms with van der Waals surface area (Å²) in [5.74, 6) is -1.71. The number of amides is 1. The van der Waals surface area contributed by atoms with Crippen LogP contribution >= 0.6 is 0 Å². The molecule has 0 aliphatic heterocycles. The monoisotopic (exact) mass is 275 g/mol. The molecule has 0 aromatic heterocycles. The van der Waals surface area contributed by atoms with Gasteiger partial charge in [0.2, 0.25) is 0 Å². The second kappa shape index (κ2) is 5.56. The molecule has 0 saturated heterocycles. The maximum absolute atomic E-state index is 12.0. The van der Waals surface area contributed by atoms with E-state index in [-0.39, 0.29) is 47.6 Å². The first-order valence-electron chi connectivity index (χ1n) is 6.05. The fourth-order valence-corrected chi connectivity index (χ4v) is 1.99. The van der Waals surface area contributed by atoms with E-state index in [1.807, 2.05) is 0 Å². The van der Waals surface area contributed by atoms with Crippen LogP contribution in [0.3, 0.4) is 0 Å². The third-order valence-corrected chi connectivity index (χ3v) is 3.04. The van der Waals surface area contributed by atoms with E-state index in [4.69, 9.17) is 10.2 Å². The van der Waals surface area contributed by atoms with Crippen LogP contribution in [0, 0.1) is 0 Å². The molecule has 1 aliphatic carbocycles. The van der Waals surface area contributed by atoms with E-state index < -0.39 is 11.9 Å². The van der Waals surface area contributed by atoms with Crippen molar-refractivity contribution in [2.45, 2.75) is 19.3 Å². The van der Waals surface area contributed by atoms with Crippen LogP contribution in [0.15, 0.2) is 35.5 Å². The number of carboxylic acid groups (broad SMARTS) is 1. The van der Waals surface area contributed by atoms with Crippen LogP contribution in [0.2, 0.25) is 0 Å². The predicted molar refractivity (Wildman–Crippen MR) is 69.1 cm³/mol. The highest BCUT2D eigenvalue weighted by Gasteiger charge is 2.24. The standard InChI is InChI=1S/C14H13NO5/c16-9-3-1-8(2-4-9)13(18)15-12-7-10(17)5-6-11(12)14(19)20/h1-4,16H,5-7H2,(H,15,18)(H,19,20). The van der Waals surface area contributed by atoms with Gasteiger partial charge >= 0.3 is 5.97 Å². The number of phenolic OH excluding ortho intramolecular Hbond substituents is 1. The van der Waals surface area contributed by atoms with Gasteiger partial charge in [0.05, 0.1) is 5.57 Å². The fraction of sp³-hybridized carbons (Fsp3) is 0.214. The molecule has 104 valence electrons. The summed E-state index contributed by atoms with van der Waals surface area (Å²) < 4.78 is 0. The largest absolute Gasteiger partial charge is 0.508 e. The van der Waals surface area contributed by atoms with Gasteiger partial charge < -0.3 is 15.5 Å². The number of aromatic hydroxyl groups is 1. The van der Waals surface area contributed by atoms with E-state index in [0.29, 0.717) is 0 Å². The second-order valence-corrected chi connectivity index (χ2v) is 4.48. The summed E-state index contributed by atoms with van der Waals surface area (Å²) in [7, 11) is 0. The molecule has 0 spiro atoms. The molecule has 1 amide bonds. The number of ketones is 1. The number of Topliss-reactive ketones (excluding diaryl/α,β-unsaturated/α-hetero) is 1. The lowest BCUT2D eigenvalue weighted by Crippen LogP contribution is -2.29. The molecule has 0 bridgehead atoms. The van der Waals surface area contributed by atoms with Crippen LogP contribution in [0.5, 0.6) is 5.75 Å². The van der Waals surface area contributed by atoms with E-state index in [1.165, 1.54) is 24.3 Å². The fourth-order valence-electron chi connectivity index (χ4n) is 1.99. The number of aliphatic carboxylic acids is 1. The summed E-state index contributed by atoms with van der Waals surface area (Å²) >= 11 is 0. The zero-order valence-corrected chi connectivity index (χ0v) is 10.5. The quantitative estimate of drug-likeness (QED) is 0.769. The minimum absolute atomic E-state index is 0.0276. The molecule has 0 fully saturated rings. The Bertz CT molecular complexity index is 600. The Morgan fingerprint density at radius 1 is 1.10 bits per heavy atom. The molecule has 0 radical (unpaired) electrons. The summed E-state index contributed by atoms with van der Waals surface area (Å²) in [4.78, 5) is 34.4. The molecule has 0 atom stereocenters. The average Bonchev–Trinajstić information content (AvgIpc) is 2.39. The highest BCUT2D eigenvalue weighted by Crippen LogP contribution is 2.21. The molecule has 1 aromatic rings. The van der Waals surface area contributed by atoms with Crippen LogP contribution < -0.4 is 5.32 Å². The van der Waals surface area contributed by atoms with Crippen LogP contribution in [-0.4, -0.2) is 27.9 Å². The zero-order valence-electron chi connectivity index (χ0n) is 10.5. The highest BCUT2D eigenvalue weighted by atomic mass is 16.4. The molecular formula is C14H13NO5.